The van der Waals surface area contributed by atoms with Crippen LogP contribution in [-0.2, 0) is 19.1 Å². The van der Waals surface area contributed by atoms with Crippen LogP contribution in [0.4, 0.5) is 0 Å². The quantitative estimate of drug-likeness (QED) is 0.385. The van der Waals surface area contributed by atoms with Gasteiger partial charge in [-0.1, -0.05) is 12.1 Å². The number of rotatable bonds is 6. The van der Waals surface area contributed by atoms with E-state index in [1.807, 2.05) is 0 Å². The summed E-state index contributed by atoms with van der Waals surface area (Å²) in [5.41, 5.74) is 0.437. The first-order chi connectivity index (χ1) is 15.5. The van der Waals surface area contributed by atoms with Crippen LogP contribution in [0.15, 0.2) is 24.3 Å². The molecular formula is C25H29NO6. The van der Waals surface area contributed by atoms with Gasteiger partial charge in [-0.05, 0) is 68.9 Å². The van der Waals surface area contributed by atoms with E-state index in [1.165, 1.54) is 7.11 Å². The first kappa shape index (κ1) is 21.2. The number of methoxy groups -OCH3 is 1. The molecule has 0 N–H and O–H groups in total. The van der Waals surface area contributed by atoms with E-state index in [9.17, 15) is 19.2 Å². The van der Waals surface area contributed by atoms with Crippen molar-refractivity contribution in [1.29, 1.82) is 0 Å². The number of Topliss-reactive ketones (excluding diaryl/α,β-unsaturated/α-hetero) is 1. The number of ketones is 1. The summed E-state index contributed by atoms with van der Waals surface area (Å²) in [6.07, 6.45) is 5.56. The summed E-state index contributed by atoms with van der Waals surface area (Å²) in [5, 5.41) is 0. The fourth-order valence-corrected chi connectivity index (χ4v) is 6.50. The second-order valence-electron chi connectivity index (χ2n) is 9.70. The van der Waals surface area contributed by atoms with Crippen LogP contribution in [-0.4, -0.2) is 48.2 Å². The zero-order valence-corrected chi connectivity index (χ0v) is 18.3. The number of hydrogen-bond acceptors (Lipinski definition) is 6. The molecule has 170 valence electrons. The minimum Gasteiger partial charge on any atom is -0.497 e. The lowest BCUT2D eigenvalue weighted by atomic mass is 9.81. The highest BCUT2D eigenvalue weighted by atomic mass is 16.5. The molecule has 4 atom stereocenters. The molecule has 0 spiro atoms. The fraction of sp³-hybridized carbons (Fsp3) is 0.600. The molecule has 5 rings (SSSR count). The minimum absolute atomic E-state index is 0.0297. The molecule has 3 aliphatic carbocycles. The molecule has 1 aromatic carbocycles. The van der Waals surface area contributed by atoms with E-state index in [4.69, 9.17) is 9.47 Å². The highest BCUT2D eigenvalue weighted by molar-refractivity contribution is 6.06. The van der Waals surface area contributed by atoms with Crippen molar-refractivity contribution in [3.8, 4) is 5.75 Å². The number of carbonyl (C=O) groups excluding carboxylic acids is 4. The van der Waals surface area contributed by atoms with Crippen LogP contribution >= 0.6 is 0 Å². The summed E-state index contributed by atoms with van der Waals surface area (Å²) in [6.45, 7) is -0.304. The van der Waals surface area contributed by atoms with Crippen molar-refractivity contribution < 1.29 is 28.7 Å². The Balaban J connectivity index is 1.13. The molecule has 0 aromatic heterocycles. The molecule has 7 heteroatoms. The van der Waals surface area contributed by atoms with Gasteiger partial charge in [0, 0.05) is 11.6 Å². The summed E-state index contributed by atoms with van der Waals surface area (Å²) < 4.78 is 10.4. The monoisotopic (exact) mass is 439 g/mol. The fourth-order valence-electron chi connectivity index (χ4n) is 6.50. The smallest absolute Gasteiger partial charge is 0.309 e. The Hall–Kier alpha value is -2.70. The second kappa shape index (κ2) is 8.34. The maximum atomic E-state index is 13.0. The van der Waals surface area contributed by atoms with Gasteiger partial charge in [-0.15, -0.1) is 0 Å². The Morgan fingerprint density at radius 3 is 2.25 bits per heavy atom. The standard InChI is InChI=1S/C25H29NO6/c1-31-19-4-2-3-15(12-19)20(27)13-32-25(30)14-7-9-18(10-8-14)26-23(28)21-16-5-6-17(11-16)22(21)24(26)29/h2-4,12,14,16-18,21-22H,5-11,13H2,1H3/t14?,16-,17-,18?,21+,22+/m0/s1. The molecular weight excluding hydrogens is 410 g/mol. The lowest BCUT2D eigenvalue weighted by Gasteiger charge is -2.33. The van der Waals surface area contributed by atoms with Crippen molar-refractivity contribution >= 4 is 23.6 Å². The maximum Gasteiger partial charge on any atom is 0.309 e. The van der Waals surface area contributed by atoms with Gasteiger partial charge in [-0.3, -0.25) is 24.1 Å². The lowest BCUT2D eigenvalue weighted by molar-refractivity contribution is -0.149. The van der Waals surface area contributed by atoms with Crippen molar-refractivity contribution in [2.24, 2.45) is 29.6 Å². The Kier molecular flexibility index (Phi) is 5.51. The highest BCUT2D eigenvalue weighted by Gasteiger charge is 2.61. The van der Waals surface area contributed by atoms with Crippen molar-refractivity contribution in [3.05, 3.63) is 29.8 Å². The maximum absolute atomic E-state index is 13.0. The number of amides is 2. The van der Waals surface area contributed by atoms with Crippen LogP contribution < -0.4 is 4.74 Å². The SMILES string of the molecule is COc1cccc(C(=O)COC(=O)C2CCC(N3C(=O)[C@@H]4[C@H]5CC[C@@H](C5)[C@H]4C3=O)CC2)c1. The van der Waals surface area contributed by atoms with E-state index in [1.54, 1.807) is 29.2 Å². The average molecular weight is 440 g/mol. The summed E-state index contributed by atoms with van der Waals surface area (Å²) in [7, 11) is 1.53. The minimum atomic E-state index is -0.381. The largest absolute Gasteiger partial charge is 0.497 e. The zero-order valence-electron chi connectivity index (χ0n) is 18.3. The number of nitrogens with zero attached hydrogens (tertiary/aromatic N) is 1. The first-order valence-corrected chi connectivity index (χ1v) is 11.7. The Morgan fingerprint density at radius 1 is 0.969 bits per heavy atom. The van der Waals surface area contributed by atoms with Crippen molar-refractivity contribution in [3.63, 3.8) is 0 Å². The van der Waals surface area contributed by atoms with Gasteiger partial charge in [-0.25, -0.2) is 0 Å². The van der Waals surface area contributed by atoms with Gasteiger partial charge in [-0.2, -0.15) is 0 Å². The molecule has 32 heavy (non-hydrogen) atoms. The van der Waals surface area contributed by atoms with Crippen LogP contribution in [0, 0.1) is 29.6 Å². The molecule has 2 bridgehead atoms. The summed E-state index contributed by atoms with van der Waals surface area (Å²) in [4.78, 5) is 52.5. The van der Waals surface area contributed by atoms with Gasteiger partial charge in [0.05, 0.1) is 24.9 Å². The molecule has 7 nitrogen and oxygen atoms in total. The Labute approximate surface area is 187 Å². The number of benzene rings is 1. The van der Waals surface area contributed by atoms with Crippen molar-refractivity contribution in [1.82, 2.24) is 4.90 Å². The van der Waals surface area contributed by atoms with E-state index < -0.39 is 0 Å². The number of fused-ring (bicyclic) bond motifs is 5. The predicted molar refractivity (Wildman–Crippen MR) is 114 cm³/mol. The number of carbonyl (C=O) groups is 4. The molecule has 2 amide bonds. The molecule has 1 aliphatic heterocycles. The van der Waals surface area contributed by atoms with Crippen LogP contribution in [0.5, 0.6) is 5.75 Å². The molecule has 1 aromatic rings. The van der Waals surface area contributed by atoms with Crippen LogP contribution in [0.3, 0.4) is 0 Å². The molecule has 4 aliphatic rings. The van der Waals surface area contributed by atoms with E-state index >= 15 is 0 Å². The van der Waals surface area contributed by atoms with Gasteiger partial charge in [0.15, 0.2) is 12.4 Å². The number of esters is 1. The first-order valence-electron chi connectivity index (χ1n) is 11.7. The zero-order chi connectivity index (χ0) is 22.4. The van der Waals surface area contributed by atoms with Gasteiger partial charge in [0.1, 0.15) is 5.75 Å². The van der Waals surface area contributed by atoms with Crippen molar-refractivity contribution in [2.45, 2.75) is 51.0 Å². The third kappa shape index (κ3) is 3.51. The topological polar surface area (TPSA) is 90.0 Å². The van der Waals surface area contributed by atoms with E-state index in [0.29, 0.717) is 48.8 Å². The normalized spacial score (nSPS) is 33.3. The van der Waals surface area contributed by atoms with E-state index in [-0.39, 0.29) is 54.0 Å². The highest BCUT2D eigenvalue weighted by Crippen LogP contribution is 2.56. The number of imide groups is 1. The Morgan fingerprint density at radius 2 is 1.62 bits per heavy atom. The Bertz CT molecular complexity index is 922. The third-order valence-corrected chi connectivity index (χ3v) is 8.09. The predicted octanol–water partition coefficient (Wildman–Crippen LogP) is 3.01. The van der Waals surface area contributed by atoms with Gasteiger partial charge in [0.25, 0.3) is 0 Å². The molecule has 3 saturated carbocycles. The molecule has 0 radical (unpaired) electrons. The van der Waals surface area contributed by atoms with E-state index in [0.717, 1.165) is 19.3 Å². The number of ether oxygens (including phenoxy) is 2. The van der Waals surface area contributed by atoms with Gasteiger partial charge in [0.2, 0.25) is 11.8 Å². The van der Waals surface area contributed by atoms with E-state index in [2.05, 4.69) is 0 Å². The summed E-state index contributed by atoms with van der Waals surface area (Å²) in [6, 6.07) is 6.63. The van der Waals surface area contributed by atoms with Crippen molar-refractivity contribution in [2.75, 3.05) is 13.7 Å². The lowest BCUT2D eigenvalue weighted by Crippen LogP contribution is -2.44. The van der Waals surface area contributed by atoms with Gasteiger partial charge >= 0.3 is 5.97 Å². The number of likely N-dealkylation sites (tertiary alicyclic amines) is 1. The van der Waals surface area contributed by atoms with Crippen LogP contribution in [0.1, 0.15) is 55.3 Å². The van der Waals surface area contributed by atoms with Crippen LogP contribution in [0.2, 0.25) is 0 Å². The summed E-state index contributed by atoms with van der Waals surface area (Å²) in [5.74, 6) is 0.271. The molecule has 0 unspecified atom stereocenters. The molecule has 4 fully saturated rings. The van der Waals surface area contributed by atoms with Crippen LogP contribution in [0.25, 0.3) is 0 Å². The number of hydrogen-bond donors (Lipinski definition) is 0. The molecule has 1 heterocycles. The summed E-state index contributed by atoms with van der Waals surface area (Å²) >= 11 is 0. The molecule has 1 saturated heterocycles. The van der Waals surface area contributed by atoms with Gasteiger partial charge < -0.3 is 9.47 Å². The average Bonchev–Trinajstić information content (AvgIpc) is 3.51. The second-order valence-corrected chi connectivity index (χ2v) is 9.70. The third-order valence-electron chi connectivity index (χ3n) is 8.09.